The third-order valence-corrected chi connectivity index (χ3v) is 2.98. The Morgan fingerprint density at radius 1 is 0.833 bits per heavy atom. The van der Waals surface area contributed by atoms with Gasteiger partial charge in [-0.2, -0.15) is 0 Å². The van der Waals surface area contributed by atoms with Crippen molar-refractivity contribution in [1.29, 1.82) is 0 Å². The van der Waals surface area contributed by atoms with Gasteiger partial charge in [-0.1, -0.05) is 0 Å². The second kappa shape index (κ2) is 4.66. The minimum atomic E-state index is -2.63. The number of hydrogen-bond acceptors (Lipinski definition) is 8. The molecule has 0 spiro atoms. The van der Waals surface area contributed by atoms with Gasteiger partial charge in [-0.15, -0.1) is 0 Å². The number of rotatable bonds is 1. The molecule has 2 rings (SSSR count). The third-order valence-electron chi connectivity index (χ3n) is 2.98. The molecule has 6 atom stereocenters. The molecule has 0 amide bonds. The van der Waals surface area contributed by atoms with Gasteiger partial charge in [-0.3, -0.25) is 0 Å². The first kappa shape index (κ1) is 14.1. The van der Waals surface area contributed by atoms with Crippen molar-refractivity contribution >= 4 is 0 Å². The number of hydrogen-bond donors (Lipinski definition) is 4. The molecule has 0 aliphatic carbocycles. The van der Waals surface area contributed by atoms with Crippen molar-refractivity contribution in [3.05, 3.63) is 0 Å². The van der Waals surface area contributed by atoms with Crippen LogP contribution in [0.2, 0.25) is 0 Å². The van der Waals surface area contributed by atoms with Gasteiger partial charge < -0.3 is 39.4 Å². The standard InChI is InChI=1S/C10H18O8/c1-5-3-15-9(13,7(11)17-5)10(14)8(12)18-6(2)4-16-10/h5-8,11-14H,3-4H2,1-2H3. The fraction of sp³-hybridized carbons (Fsp3) is 1.00. The molecule has 2 aliphatic heterocycles. The minimum Gasteiger partial charge on any atom is -0.364 e. The van der Waals surface area contributed by atoms with E-state index in [-0.39, 0.29) is 13.2 Å². The summed E-state index contributed by atoms with van der Waals surface area (Å²) in [6.07, 6.45) is -4.69. The van der Waals surface area contributed by atoms with E-state index in [1.807, 2.05) is 0 Å². The molecular formula is C10H18O8. The second-order valence-corrected chi connectivity index (χ2v) is 4.61. The maximum Gasteiger partial charge on any atom is 0.279 e. The zero-order chi connectivity index (χ0) is 13.6. The van der Waals surface area contributed by atoms with Gasteiger partial charge in [-0.05, 0) is 13.8 Å². The van der Waals surface area contributed by atoms with Gasteiger partial charge in [0.1, 0.15) is 0 Å². The van der Waals surface area contributed by atoms with Crippen LogP contribution in [0.3, 0.4) is 0 Å². The van der Waals surface area contributed by atoms with E-state index < -0.39 is 36.4 Å². The molecule has 0 saturated carbocycles. The van der Waals surface area contributed by atoms with Gasteiger partial charge in [0.15, 0.2) is 0 Å². The Bertz CT molecular complexity index is 282. The van der Waals surface area contributed by atoms with E-state index in [1.165, 1.54) is 0 Å². The normalized spacial score (nSPS) is 54.3. The smallest absolute Gasteiger partial charge is 0.279 e. The molecule has 2 aliphatic rings. The first-order chi connectivity index (χ1) is 8.29. The number of ether oxygens (including phenoxy) is 4. The third kappa shape index (κ3) is 2.04. The molecule has 2 fully saturated rings. The van der Waals surface area contributed by atoms with Gasteiger partial charge in [0.05, 0.1) is 25.4 Å². The van der Waals surface area contributed by atoms with Gasteiger partial charge in [0.25, 0.3) is 11.6 Å². The van der Waals surface area contributed by atoms with E-state index in [2.05, 4.69) is 0 Å². The summed E-state index contributed by atoms with van der Waals surface area (Å²) in [4.78, 5) is 0. The average molecular weight is 266 g/mol. The molecule has 0 aromatic carbocycles. The topological polar surface area (TPSA) is 118 Å². The molecule has 18 heavy (non-hydrogen) atoms. The van der Waals surface area contributed by atoms with Gasteiger partial charge >= 0.3 is 0 Å². The molecule has 2 saturated heterocycles. The molecule has 6 unspecified atom stereocenters. The number of aliphatic hydroxyl groups excluding tert-OH is 2. The summed E-state index contributed by atoms with van der Waals surface area (Å²) in [5.74, 6) is -5.25. The first-order valence-corrected chi connectivity index (χ1v) is 5.69. The Labute approximate surface area is 104 Å². The van der Waals surface area contributed by atoms with Gasteiger partial charge in [0, 0.05) is 0 Å². The van der Waals surface area contributed by atoms with E-state index in [0.717, 1.165) is 0 Å². The van der Waals surface area contributed by atoms with Crippen LogP contribution in [0.25, 0.3) is 0 Å². The first-order valence-electron chi connectivity index (χ1n) is 5.69. The highest BCUT2D eigenvalue weighted by Crippen LogP contribution is 2.38. The largest absolute Gasteiger partial charge is 0.364 e. The summed E-state index contributed by atoms with van der Waals surface area (Å²) < 4.78 is 19.9. The van der Waals surface area contributed by atoms with Crippen LogP contribution in [-0.4, -0.2) is 70.0 Å². The molecule has 106 valence electrons. The fourth-order valence-electron chi connectivity index (χ4n) is 1.90. The van der Waals surface area contributed by atoms with Crippen LogP contribution >= 0.6 is 0 Å². The molecule has 2 heterocycles. The monoisotopic (exact) mass is 266 g/mol. The van der Waals surface area contributed by atoms with Crippen molar-refractivity contribution in [2.45, 2.75) is 50.2 Å². The lowest BCUT2D eigenvalue weighted by atomic mass is 10.0. The Balaban J connectivity index is 2.22. The lowest BCUT2D eigenvalue weighted by molar-refractivity contribution is -0.513. The van der Waals surface area contributed by atoms with E-state index in [4.69, 9.17) is 18.9 Å². The Morgan fingerprint density at radius 3 is 1.44 bits per heavy atom. The van der Waals surface area contributed by atoms with Crippen LogP contribution in [0.1, 0.15) is 13.8 Å². The van der Waals surface area contributed by atoms with Crippen molar-refractivity contribution in [2.24, 2.45) is 0 Å². The maximum atomic E-state index is 10.2. The SMILES string of the molecule is CC1COC(O)(C2(O)OCC(C)OC2O)C(O)O1. The van der Waals surface area contributed by atoms with Crippen LogP contribution in [0, 0.1) is 0 Å². The highest BCUT2D eigenvalue weighted by molar-refractivity contribution is 4.95. The Kier molecular flexibility index (Phi) is 3.65. The van der Waals surface area contributed by atoms with Crippen molar-refractivity contribution < 1.29 is 39.4 Å². The second-order valence-electron chi connectivity index (χ2n) is 4.61. The predicted octanol–water partition coefficient (Wildman–Crippen LogP) is -2.13. The summed E-state index contributed by atoms with van der Waals surface area (Å²) in [5.41, 5.74) is 0. The van der Waals surface area contributed by atoms with Gasteiger partial charge in [-0.25, -0.2) is 0 Å². The lowest BCUT2D eigenvalue weighted by Gasteiger charge is -2.50. The van der Waals surface area contributed by atoms with Gasteiger partial charge in [0.2, 0.25) is 12.6 Å². The molecule has 0 bridgehead atoms. The Hall–Kier alpha value is -0.320. The zero-order valence-electron chi connectivity index (χ0n) is 10.1. The molecule has 0 radical (unpaired) electrons. The maximum absolute atomic E-state index is 10.2. The Morgan fingerprint density at radius 2 is 1.17 bits per heavy atom. The van der Waals surface area contributed by atoms with Crippen LogP contribution in [0.4, 0.5) is 0 Å². The average Bonchev–Trinajstić information content (AvgIpc) is 2.29. The van der Waals surface area contributed by atoms with E-state index in [9.17, 15) is 20.4 Å². The number of aliphatic hydroxyl groups is 4. The van der Waals surface area contributed by atoms with Crippen molar-refractivity contribution in [3.63, 3.8) is 0 Å². The highest BCUT2D eigenvalue weighted by Gasteiger charge is 2.66. The molecule has 0 aromatic rings. The molecule has 4 N–H and O–H groups in total. The predicted molar refractivity (Wildman–Crippen MR) is 54.9 cm³/mol. The zero-order valence-corrected chi connectivity index (χ0v) is 10.1. The van der Waals surface area contributed by atoms with Crippen LogP contribution < -0.4 is 0 Å². The molecule has 8 heteroatoms. The molecule has 0 aromatic heterocycles. The van der Waals surface area contributed by atoms with Crippen molar-refractivity contribution in [2.75, 3.05) is 13.2 Å². The highest BCUT2D eigenvalue weighted by atomic mass is 16.8. The molecule has 8 nitrogen and oxygen atoms in total. The lowest BCUT2D eigenvalue weighted by Crippen LogP contribution is -2.74. The van der Waals surface area contributed by atoms with Crippen molar-refractivity contribution in [3.8, 4) is 0 Å². The van der Waals surface area contributed by atoms with Crippen LogP contribution in [0.15, 0.2) is 0 Å². The minimum absolute atomic E-state index is 0.0818. The van der Waals surface area contributed by atoms with E-state index >= 15 is 0 Å². The van der Waals surface area contributed by atoms with Crippen LogP contribution in [0.5, 0.6) is 0 Å². The summed E-state index contributed by atoms with van der Waals surface area (Å²) >= 11 is 0. The van der Waals surface area contributed by atoms with Crippen LogP contribution in [-0.2, 0) is 18.9 Å². The summed E-state index contributed by atoms with van der Waals surface area (Å²) in [6.45, 7) is 3.07. The summed E-state index contributed by atoms with van der Waals surface area (Å²) in [7, 11) is 0. The van der Waals surface area contributed by atoms with E-state index in [1.54, 1.807) is 13.8 Å². The quantitative estimate of drug-likeness (QED) is 0.425. The summed E-state index contributed by atoms with van der Waals surface area (Å²) in [5, 5.41) is 39.8. The fourth-order valence-corrected chi connectivity index (χ4v) is 1.90. The van der Waals surface area contributed by atoms with Crippen molar-refractivity contribution in [1.82, 2.24) is 0 Å². The van der Waals surface area contributed by atoms with E-state index in [0.29, 0.717) is 0 Å². The summed E-state index contributed by atoms with van der Waals surface area (Å²) in [6, 6.07) is 0. The molecular weight excluding hydrogens is 248 g/mol.